The summed E-state index contributed by atoms with van der Waals surface area (Å²) < 4.78 is 5.93. The lowest BCUT2D eigenvalue weighted by molar-refractivity contribution is -0.115. The average Bonchev–Trinajstić information content (AvgIpc) is 3.21. The molecule has 0 spiro atoms. The van der Waals surface area contributed by atoms with Gasteiger partial charge in [0.2, 0.25) is 11.8 Å². The molecule has 0 atom stereocenters. The fraction of sp³-hybridized carbons (Fsp3) is 0.179. The van der Waals surface area contributed by atoms with E-state index in [4.69, 9.17) is 16.6 Å². The monoisotopic (exact) mass is 469 g/mol. The number of carbonyl (C=O) groups is 1. The van der Waals surface area contributed by atoms with E-state index in [0.29, 0.717) is 28.6 Å². The Balaban J connectivity index is 1.39. The van der Waals surface area contributed by atoms with E-state index in [1.807, 2.05) is 56.3 Å². The van der Waals surface area contributed by atoms with E-state index >= 15 is 0 Å². The van der Waals surface area contributed by atoms with Gasteiger partial charge in [-0.2, -0.15) is 0 Å². The number of amides is 1. The molecule has 1 amide bonds. The number of aromatic nitrogens is 1. The molecule has 0 aliphatic carbocycles. The lowest BCUT2D eigenvalue weighted by Gasteiger charge is -2.08. The zero-order valence-corrected chi connectivity index (χ0v) is 20.5. The number of thiocarbonyl (C=S) groups is 1. The second-order valence-electron chi connectivity index (χ2n) is 8.68. The molecule has 0 aliphatic rings. The minimum Gasteiger partial charge on any atom is -0.436 e. The van der Waals surface area contributed by atoms with Gasteiger partial charge in [0.25, 0.3) is 0 Å². The summed E-state index contributed by atoms with van der Waals surface area (Å²) in [4.78, 5) is 16.9. The van der Waals surface area contributed by atoms with Crippen LogP contribution in [0.1, 0.15) is 42.0 Å². The van der Waals surface area contributed by atoms with Crippen molar-refractivity contribution in [3.63, 3.8) is 0 Å². The Kier molecular flexibility index (Phi) is 6.89. The van der Waals surface area contributed by atoms with Gasteiger partial charge in [-0.3, -0.25) is 10.1 Å². The molecule has 6 heteroatoms. The molecule has 0 unspecified atom stereocenters. The van der Waals surface area contributed by atoms with Gasteiger partial charge in [0, 0.05) is 17.3 Å². The second-order valence-corrected chi connectivity index (χ2v) is 9.08. The molecule has 3 aromatic carbocycles. The molecule has 4 rings (SSSR count). The number of aryl methyl sites for hydroxylation is 2. The molecular formula is C28H27N3O2S. The third kappa shape index (κ3) is 5.77. The topological polar surface area (TPSA) is 67.2 Å². The van der Waals surface area contributed by atoms with Crippen LogP contribution in [0.15, 0.2) is 71.2 Å². The molecule has 4 aromatic rings. The number of oxazole rings is 1. The van der Waals surface area contributed by atoms with Crippen LogP contribution in [-0.2, 0) is 4.79 Å². The fourth-order valence-electron chi connectivity index (χ4n) is 3.71. The summed E-state index contributed by atoms with van der Waals surface area (Å²) >= 11 is 5.30. The van der Waals surface area contributed by atoms with Crippen LogP contribution in [0.3, 0.4) is 0 Å². The van der Waals surface area contributed by atoms with Gasteiger partial charge in [-0.05, 0) is 79.5 Å². The van der Waals surface area contributed by atoms with Crippen molar-refractivity contribution in [3.05, 3.63) is 89.0 Å². The van der Waals surface area contributed by atoms with E-state index in [9.17, 15) is 4.79 Å². The highest BCUT2D eigenvalue weighted by Crippen LogP contribution is 2.27. The predicted molar refractivity (Wildman–Crippen MR) is 143 cm³/mol. The summed E-state index contributed by atoms with van der Waals surface area (Å²) in [5.74, 6) is 0.742. The first-order valence-corrected chi connectivity index (χ1v) is 11.6. The van der Waals surface area contributed by atoms with E-state index in [0.717, 1.165) is 22.3 Å². The molecule has 0 aliphatic heterocycles. The van der Waals surface area contributed by atoms with E-state index in [1.54, 1.807) is 6.08 Å². The van der Waals surface area contributed by atoms with Gasteiger partial charge in [0.1, 0.15) is 5.52 Å². The molecule has 172 valence electrons. The molecule has 0 saturated heterocycles. The molecule has 0 radical (unpaired) electrons. The van der Waals surface area contributed by atoms with E-state index in [1.165, 1.54) is 11.6 Å². The first kappa shape index (κ1) is 23.4. The summed E-state index contributed by atoms with van der Waals surface area (Å²) in [6.07, 6.45) is 3.23. The summed E-state index contributed by atoms with van der Waals surface area (Å²) in [5.41, 5.74) is 7.57. The smallest absolute Gasteiger partial charge is 0.250 e. The van der Waals surface area contributed by atoms with Crippen molar-refractivity contribution >= 4 is 46.1 Å². The summed E-state index contributed by atoms with van der Waals surface area (Å²) in [5, 5.41) is 5.92. The standard InChI is InChI=1S/C28H27N3O2S/c1-17(2)21-8-5-20(6-9-21)7-12-26(32)31-28(34)29-23-10-11-25-24(16-23)30-27(33-25)22-14-18(3)13-19(4)15-22/h5-17H,1-4H3,(H2,29,31,32,34)/b12-7+. The van der Waals surface area contributed by atoms with Crippen molar-refractivity contribution in [1.29, 1.82) is 0 Å². The second kappa shape index (κ2) is 10.0. The quantitative estimate of drug-likeness (QED) is 0.250. The van der Waals surface area contributed by atoms with Crippen molar-refractivity contribution in [2.24, 2.45) is 0 Å². The first-order valence-electron chi connectivity index (χ1n) is 11.2. The highest BCUT2D eigenvalue weighted by atomic mass is 32.1. The molecule has 0 bridgehead atoms. The Morgan fingerprint density at radius 1 is 1.00 bits per heavy atom. The van der Waals surface area contributed by atoms with Crippen LogP contribution in [-0.4, -0.2) is 16.0 Å². The number of anilines is 1. The normalized spacial score (nSPS) is 11.3. The Hall–Kier alpha value is -3.77. The van der Waals surface area contributed by atoms with Gasteiger partial charge in [-0.1, -0.05) is 55.3 Å². The summed E-state index contributed by atoms with van der Waals surface area (Å²) in [7, 11) is 0. The molecule has 0 fully saturated rings. The van der Waals surface area contributed by atoms with E-state index in [2.05, 4.69) is 47.7 Å². The number of fused-ring (bicyclic) bond motifs is 1. The lowest BCUT2D eigenvalue weighted by Crippen LogP contribution is -2.32. The number of benzene rings is 3. The molecular weight excluding hydrogens is 442 g/mol. The minimum absolute atomic E-state index is 0.210. The average molecular weight is 470 g/mol. The maximum Gasteiger partial charge on any atom is 0.250 e. The van der Waals surface area contributed by atoms with E-state index < -0.39 is 0 Å². The van der Waals surface area contributed by atoms with Gasteiger partial charge in [-0.15, -0.1) is 0 Å². The molecule has 2 N–H and O–H groups in total. The highest BCUT2D eigenvalue weighted by molar-refractivity contribution is 7.80. The molecule has 1 heterocycles. The van der Waals surface area contributed by atoms with Gasteiger partial charge >= 0.3 is 0 Å². The summed E-state index contributed by atoms with van der Waals surface area (Å²) in [6, 6.07) is 19.9. The molecule has 0 saturated carbocycles. The van der Waals surface area contributed by atoms with Gasteiger partial charge in [-0.25, -0.2) is 4.98 Å². The predicted octanol–water partition coefficient (Wildman–Crippen LogP) is 6.76. The highest BCUT2D eigenvalue weighted by Gasteiger charge is 2.11. The number of carbonyl (C=O) groups excluding carboxylic acids is 1. The third-order valence-corrected chi connectivity index (χ3v) is 5.59. The zero-order chi connectivity index (χ0) is 24.2. The fourth-order valence-corrected chi connectivity index (χ4v) is 3.93. The van der Waals surface area contributed by atoms with Gasteiger partial charge in [0.15, 0.2) is 10.7 Å². The Labute approximate surface area is 204 Å². The maximum atomic E-state index is 12.3. The Morgan fingerprint density at radius 3 is 2.38 bits per heavy atom. The minimum atomic E-state index is -0.301. The zero-order valence-electron chi connectivity index (χ0n) is 19.7. The van der Waals surface area contributed by atoms with Crippen molar-refractivity contribution in [2.45, 2.75) is 33.6 Å². The Morgan fingerprint density at radius 2 is 1.71 bits per heavy atom. The van der Waals surface area contributed by atoms with Crippen LogP contribution >= 0.6 is 12.2 Å². The van der Waals surface area contributed by atoms with Gasteiger partial charge in [0.05, 0.1) is 0 Å². The van der Waals surface area contributed by atoms with Crippen molar-refractivity contribution in [3.8, 4) is 11.5 Å². The lowest BCUT2D eigenvalue weighted by atomic mass is 10.0. The maximum absolute atomic E-state index is 12.3. The number of rotatable bonds is 5. The van der Waals surface area contributed by atoms with E-state index in [-0.39, 0.29) is 11.0 Å². The molecule has 1 aromatic heterocycles. The van der Waals surface area contributed by atoms with Crippen LogP contribution in [0.4, 0.5) is 5.69 Å². The third-order valence-electron chi connectivity index (χ3n) is 5.38. The number of hydrogen-bond acceptors (Lipinski definition) is 4. The van der Waals surface area contributed by atoms with Gasteiger partial charge < -0.3 is 9.73 Å². The number of nitrogens with one attached hydrogen (secondary N) is 2. The van der Waals surface area contributed by atoms with Crippen LogP contribution < -0.4 is 10.6 Å². The summed E-state index contributed by atoms with van der Waals surface area (Å²) in [6.45, 7) is 8.40. The van der Waals surface area contributed by atoms with Crippen LogP contribution in [0.25, 0.3) is 28.6 Å². The SMILES string of the molecule is Cc1cc(C)cc(-c2nc3cc(NC(=S)NC(=O)/C=C/c4ccc(C(C)C)cc4)ccc3o2)c1. The Bertz CT molecular complexity index is 1360. The first-order chi connectivity index (χ1) is 16.3. The van der Waals surface area contributed by atoms with Crippen LogP contribution in [0.2, 0.25) is 0 Å². The number of nitrogens with zero attached hydrogens (tertiary/aromatic N) is 1. The largest absolute Gasteiger partial charge is 0.436 e. The van der Waals surface area contributed by atoms with Crippen LogP contribution in [0, 0.1) is 13.8 Å². The molecule has 5 nitrogen and oxygen atoms in total. The van der Waals surface area contributed by atoms with Crippen LogP contribution in [0.5, 0.6) is 0 Å². The van der Waals surface area contributed by atoms with Crippen molar-refractivity contribution < 1.29 is 9.21 Å². The number of hydrogen-bond donors (Lipinski definition) is 2. The van der Waals surface area contributed by atoms with Crippen molar-refractivity contribution in [2.75, 3.05) is 5.32 Å². The van der Waals surface area contributed by atoms with Crippen molar-refractivity contribution in [1.82, 2.24) is 10.3 Å². The molecule has 34 heavy (non-hydrogen) atoms.